The first kappa shape index (κ1) is 19.3. The fourth-order valence-electron chi connectivity index (χ4n) is 1.91. The fourth-order valence-corrected chi connectivity index (χ4v) is 3.21. The van der Waals surface area contributed by atoms with Gasteiger partial charge in [0, 0.05) is 4.47 Å². The summed E-state index contributed by atoms with van der Waals surface area (Å²) in [6, 6.07) is 10.1. The molecular formula is C17H16Br2N2O4. The van der Waals surface area contributed by atoms with Crippen molar-refractivity contribution in [1.82, 2.24) is 5.43 Å². The highest BCUT2D eigenvalue weighted by Crippen LogP contribution is 2.38. The number of rotatable bonds is 6. The third-order valence-corrected chi connectivity index (χ3v) is 4.22. The molecule has 0 aliphatic carbocycles. The van der Waals surface area contributed by atoms with Crippen molar-refractivity contribution in [2.45, 2.75) is 6.92 Å². The number of phenols is 1. The van der Waals surface area contributed by atoms with Crippen LogP contribution in [0, 0.1) is 0 Å². The molecular weight excluding hydrogens is 456 g/mol. The Labute approximate surface area is 162 Å². The number of hydrazone groups is 1. The van der Waals surface area contributed by atoms with Crippen LogP contribution in [-0.4, -0.2) is 30.4 Å². The normalized spacial score (nSPS) is 11.1. The first-order valence-corrected chi connectivity index (χ1v) is 8.77. The Morgan fingerprint density at radius 2 is 1.92 bits per heavy atom. The van der Waals surface area contributed by atoms with Crippen molar-refractivity contribution in [3.05, 3.63) is 50.9 Å². The summed E-state index contributed by atoms with van der Waals surface area (Å²) in [5, 5.41) is 13.3. The number of halogens is 2. The van der Waals surface area contributed by atoms with E-state index in [0.29, 0.717) is 21.7 Å². The lowest BCUT2D eigenvalue weighted by Crippen LogP contribution is -2.25. The number of methoxy groups -OCH3 is 1. The Morgan fingerprint density at radius 3 is 2.56 bits per heavy atom. The number of phenolic OH excluding ortho intramolecular Hbond substituents is 1. The summed E-state index contributed by atoms with van der Waals surface area (Å²) in [4.78, 5) is 11.9. The van der Waals surface area contributed by atoms with E-state index in [4.69, 9.17) is 9.47 Å². The highest BCUT2D eigenvalue weighted by Gasteiger charge is 2.13. The molecule has 0 saturated carbocycles. The number of nitrogens with one attached hydrogen (secondary N) is 1. The smallest absolute Gasteiger partial charge is 0.277 e. The summed E-state index contributed by atoms with van der Waals surface area (Å²) >= 11 is 6.73. The molecule has 1 amide bonds. The molecule has 0 atom stereocenters. The van der Waals surface area contributed by atoms with E-state index in [1.807, 2.05) is 0 Å². The SMILES string of the molecule is COc1cc(Br)cc(Br)c1OCC(=O)NN=C(C)c1ccc(O)cc1. The van der Waals surface area contributed by atoms with Crippen LogP contribution in [0.1, 0.15) is 12.5 Å². The molecule has 0 heterocycles. The highest BCUT2D eigenvalue weighted by atomic mass is 79.9. The van der Waals surface area contributed by atoms with Crippen LogP contribution >= 0.6 is 31.9 Å². The Balaban J connectivity index is 1.97. The Kier molecular flexibility index (Phi) is 6.83. The average Bonchev–Trinajstić information content (AvgIpc) is 2.58. The zero-order chi connectivity index (χ0) is 18.4. The van der Waals surface area contributed by atoms with Gasteiger partial charge in [-0.2, -0.15) is 5.10 Å². The van der Waals surface area contributed by atoms with Crippen LogP contribution in [0.25, 0.3) is 0 Å². The number of hydrogen-bond acceptors (Lipinski definition) is 5. The van der Waals surface area contributed by atoms with E-state index < -0.39 is 5.91 Å². The third kappa shape index (κ3) is 5.47. The molecule has 0 aliphatic rings. The minimum absolute atomic E-state index is 0.169. The summed E-state index contributed by atoms with van der Waals surface area (Å²) < 4.78 is 12.2. The van der Waals surface area contributed by atoms with Crippen molar-refractivity contribution in [1.29, 1.82) is 0 Å². The van der Waals surface area contributed by atoms with Gasteiger partial charge in [-0.05, 0) is 64.8 Å². The van der Waals surface area contributed by atoms with Crippen molar-refractivity contribution < 1.29 is 19.4 Å². The van der Waals surface area contributed by atoms with Gasteiger partial charge in [0.2, 0.25) is 0 Å². The number of aromatic hydroxyl groups is 1. The van der Waals surface area contributed by atoms with E-state index in [1.165, 1.54) is 7.11 Å². The molecule has 0 aliphatic heterocycles. The molecule has 25 heavy (non-hydrogen) atoms. The molecule has 0 aromatic heterocycles. The van der Waals surface area contributed by atoms with Gasteiger partial charge in [0.25, 0.3) is 5.91 Å². The number of benzene rings is 2. The summed E-state index contributed by atoms with van der Waals surface area (Å²) in [5.41, 5.74) is 3.83. The van der Waals surface area contributed by atoms with E-state index in [2.05, 4.69) is 42.4 Å². The van der Waals surface area contributed by atoms with Crippen molar-refractivity contribution >= 4 is 43.5 Å². The zero-order valence-electron chi connectivity index (χ0n) is 13.5. The van der Waals surface area contributed by atoms with Gasteiger partial charge in [0.15, 0.2) is 18.1 Å². The summed E-state index contributed by atoms with van der Waals surface area (Å²) in [7, 11) is 1.52. The second kappa shape index (κ2) is 8.87. The van der Waals surface area contributed by atoms with Gasteiger partial charge in [-0.1, -0.05) is 15.9 Å². The van der Waals surface area contributed by atoms with Crippen molar-refractivity contribution in [2.75, 3.05) is 13.7 Å². The van der Waals surface area contributed by atoms with E-state index in [9.17, 15) is 9.90 Å². The van der Waals surface area contributed by atoms with Crippen LogP contribution in [0.5, 0.6) is 17.2 Å². The quantitative estimate of drug-likeness (QED) is 0.495. The van der Waals surface area contributed by atoms with Gasteiger partial charge in [-0.25, -0.2) is 5.43 Å². The van der Waals surface area contributed by atoms with Crippen LogP contribution in [0.4, 0.5) is 0 Å². The van der Waals surface area contributed by atoms with Gasteiger partial charge in [-0.3, -0.25) is 4.79 Å². The average molecular weight is 472 g/mol. The summed E-state index contributed by atoms with van der Waals surface area (Å²) in [5.74, 6) is 0.691. The lowest BCUT2D eigenvalue weighted by atomic mass is 10.1. The molecule has 0 saturated heterocycles. The molecule has 0 spiro atoms. The van der Waals surface area contributed by atoms with Crippen molar-refractivity contribution in [3.63, 3.8) is 0 Å². The molecule has 6 nitrogen and oxygen atoms in total. The minimum atomic E-state index is -0.407. The van der Waals surface area contributed by atoms with E-state index in [0.717, 1.165) is 10.0 Å². The van der Waals surface area contributed by atoms with E-state index in [1.54, 1.807) is 43.3 Å². The highest BCUT2D eigenvalue weighted by molar-refractivity contribution is 9.11. The second-order valence-electron chi connectivity index (χ2n) is 4.99. The maximum atomic E-state index is 11.9. The fraction of sp³-hybridized carbons (Fsp3) is 0.176. The molecule has 2 rings (SSSR count). The number of hydrogen-bond donors (Lipinski definition) is 2. The predicted octanol–water partition coefficient (Wildman–Crippen LogP) is 3.85. The molecule has 8 heteroatoms. The molecule has 0 radical (unpaired) electrons. The van der Waals surface area contributed by atoms with Crippen LogP contribution in [0.2, 0.25) is 0 Å². The lowest BCUT2D eigenvalue weighted by molar-refractivity contribution is -0.123. The Morgan fingerprint density at radius 1 is 1.24 bits per heavy atom. The van der Waals surface area contributed by atoms with Gasteiger partial charge in [0.1, 0.15) is 5.75 Å². The maximum absolute atomic E-state index is 11.9. The Bertz CT molecular complexity index is 792. The van der Waals surface area contributed by atoms with Crippen LogP contribution in [0.15, 0.2) is 50.4 Å². The van der Waals surface area contributed by atoms with Crippen LogP contribution in [-0.2, 0) is 4.79 Å². The first-order chi connectivity index (χ1) is 11.9. The standard InChI is InChI=1S/C17H16Br2N2O4/c1-10(11-3-5-13(22)6-4-11)20-21-16(23)9-25-17-14(19)7-12(18)8-15(17)24-2/h3-8,22H,9H2,1-2H3,(H,21,23). The van der Waals surface area contributed by atoms with Crippen molar-refractivity contribution in [2.24, 2.45) is 5.10 Å². The number of carbonyl (C=O) groups is 1. The number of nitrogens with zero attached hydrogens (tertiary/aromatic N) is 1. The number of amides is 1. The molecule has 0 bridgehead atoms. The number of ether oxygens (including phenoxy) is 2. The predicted molar refractivity (Wildman–Crippen MR) is 102 cm³/mol. The summed E-state index contributed by atoms with van der Waals surface area (Å²) in [6.45, 7) is 1.53. The maximum Gasteiger partial charge on any atom is 0.277 e. The largest absolute Gasteiger partial charge is 0.508 e. The number of carbonyl (C=O) groups excluding carboxylic acids is 1. The topological polar surface area (TPSA) is 80.2 Å². The second-order valence-corrected chi connectivity index (χ2v) is 6.76. The summed E-state index contributed by atoms with van der Waals surface area (Å²) in [6.07, 6.45) is 0. The molecule has 0 unspecified atom stereocenters. The molecule has 2 aromatic carbocycles. The van der Waals surface area contributed by atoms with Crippen molar-refractivity contribution in [3.8, 4) is 17.2 Å². The van der Waals surface area contributed by atoms with Gasteiger partial charge >= 0.3 is 0 Å². The zero-order valence-corrected chi connectivity index (χ0v) is 16.7. The van der Waals surface area contributed by atoms with Gasteiger partial charge in [0.05, 0.1) is 17.3 Å². The van der Waals surface area contributed by atoms with Gasteiger partial charge in [-0.15, -0.1) is 0 Å². The van der Waals surface area contributed by atoms with E-state index in [-0.39, 0.29) is 12.4 Å². The first-order valence-electron chi connectivity index (χ1n) is 7.19. The third-order valence-electron chi connectivity index (χ3n) is 3.18. The monoisotopic (exact) mass is 470 g/mol. The lowest BCUT2D eigenvalue weighted by Gasteiger charge is -2.12. The molecule has 2 N–H and O–H groups in total. The van der Waals surface area contributed by atoms with E-state index >= 15 is 0 Å². The minimum Gasteiger partial charge on any atom is -0.508 e. The van der Waals surface area contributed by atoms with Gasteiger partial charge < -0.3 is 14.6 Å². The van der Waals surface area contributed by atoms with Crippen LogP contribution < -0.4 is 14.9 Å². The molecule has 0 fully saturated rings. The molecule has 132 valence electrons. The Hall–Kier alpha value is -2.06. The van der Waals surface area contributed by atoms with Crippen LogP contribution in [0.3, 0.4) is 0 Å². The molecule has 2 aromatic rings.